The standard InChI is InChI=1S/C7H6ClF3N2/c8-6-4(7(10)11)5(9)3(1-12)2-13-6/h2,7H,1,12H2. The molecule has 0 aliphatic carbocycles. The smallest absolute Gasteiger partial charge is 0.269 e. The van der Waals surface area contributed by atoms with E-state index in [-0.39, 0.29) is 12.1 Å². The lowest BCUT2D eigenvalue weighted by atomic mass is 10.2. The highest BCUT2D eigenvalue weighted by molar-refractivity contribution is 6.30. The van der Waals surface area contributed by atoms with Crippen molar-refractivity contribution >= 4 is 11.6 Å². The average molecular weight is 211 g/mol. The Morgan fingerprint density at radius 2 is 2.15 bits per heavy atom. The van der Waals surface area contributed by atoms with Gasteiger partial charge in [0, 0.05) is 18.3 Å². The molecule has 6 heteroatoms. The Hall–Kier alpha value is -0.810. The third-order valence-corrected chi connectivity index (χ3v) is 1.81. The summed E-state index contributed by atoms with van der Waals surface area (Å²) in [7, 11) is 0. The fourth-order valence-corrected chi connectivity index (χ4v) is 1.07. The minimum absolute atomic E-state index is 0.0697. The summed E-state index contributed by atoms with van der Waals surface area (Å²) in [4.78, 5) is 3.40. The van der Waals surface area contributed by atoms with E-state index in [0.29, 0.717) is 0 Å². The van der Waals surface area contributed by atoms with Gasteiger partial charge in [0.2, 0.25) is 0 Å². The maximum absolute atomic E-state index is 13.1. The van der Waals surface area contributed by atoms with Crippen molar-refractivity contribution in [1.82, 2.24) is 4.98 Å². The number of nitrogens with zero attached hydrogens (tertiary/aromatic N) is 1. The van der Waals surface area contributed by atoms with Gasteiger partial charge in [-0.05, 0) is 0 Å². The van der Waals surface area contributed by atoms with Gasteiger partial charge in [-0.15, -0.1) is 0 Å². The molecule has 0 aliphatic rings. The molecule has 2 N–H and O–H groups in total. The Balaban J connectivity index is 3.30. The fraction of sp³-hybridized carbons (Fsp3) is 0.286. The van der Waals surface area contributed by atoms with Gasteiger partial charge < -0.3 is 5.73 Å². The molecular formula is C7H6ClF3N2. The van der Waals surface area contributed by atoms with Crippen molar-refractivity contribution < 1.29 is 13.2 Å². The van der Waals surface area contributed by atoms with Crippen LogP contribution < -0.4 is 5.73 Å². The molecule has 0 atom stereocenters. The van der Waals surface area contributed by atoms with Crippen LogP contribution in [0.5, 0.6) is 0 Å². The summed E-state index contributed by atoms with van der Waals surface area (Å²) in [6, 6.07) is 0. The number of halogens is 4. The van der Waals surface area contributed by atoms with E-state index >= 15 is 0 Å². The van der Waals surface area contributed by atoms with Crippen molar-refractivity contribution in [3.05, 3.63) is 28.3 Å². The molecule has 0 aromatic carbocycles. The van der Waals surface area contributed by atoms with Gasteiger partial charge in [0.1, 0.15) is 11.0 Å². The first-order valence-electron chi connectivity index (χ1n) is 3.39. The number of hydrogen-bond acceptors (Lipinski definition) is 2. The number of rotatable bonds is 2. The molecule has 0 amide bonds. The molecule has 0 saturated carbocycles. The Morgan fingerprint density at radius 3 is 2.62 bits per heavy atom. The first kappa shape index (κ1) is 10.3. The second-order valence-electron chi connectivity index (χ2n) is 2.31. The van der Waals surface area contributed by atoms with Crippen molar-refractivity contribution in [2.24, 2.45) is 5.73 Å². The zero-order chi connectivity index (χ0) is 10.0. The van der Waals surface area contributed by atoms with Gasteiger partial charge in [-0.1, -0.05) is 11.6 Å². The summed E-state index contributed by atoms with van der Waals surface area (Å²) >= 11 is 5.28. The van der Waals surface area contributed by atoms with Gasteiger partial charge in [-0.25, -0.2) is 18.2 Å². The predicted molar refractivity (Wildman–Crippen MR) is 42.1 cm³/mol. The topological polar surface area (TPSA) is 38.9 Å². The summed E-state index contributed by atoms with van der Waals surface area (Å²) in [6.45, 7) is -0.185. The normalized spacial score (nSPS) is 10.9. The van der Waals surface area contributed by atoms with E-state index in [1.54, 1.807) is 0 Å². The number of nitrogens with two attached hydrogens (primary N) is 1. The van der Waals surface area contributed by atoms with E-state index in [0.717, 1.165) is 6.20 Å². The fourth-order valence-electron chi connectivity index (χ4n) is 0.852. The molecule has 0 spiro atoms. The first-order chi connectivity index (χ1) is 6.07. The Kier molecular flexibility index (Phi) is 3.11. The lowest BCUT2D eigenvalue weighted by Crippen LogP contribution is -2.05. The quantitative estimate of drug-likeness (QED) is 0.761. The third kappa shape index (κ3) is 1.92. The maximum Gasteiger partial charge on any atom is 0.269 e. The van der Waals surface area contributed by atoms with E-state index in [1.807, 2.05) is 0 Å². The van der Waals surface area contributed by atoms with E-state index in [1.165, 1.54) is 0 Å². The minimum atomic E-state index is -2.98. The molecule has 0 saturated heterocycles. The van der Waals surface area contributed by atoms with Crippen LogP contribution in [0.3, 0.4) is 0 Å². The van der Waals surface area contributed by atoms with Crippen LogP contribution in [0, 0.1) is 5.82 Å². The van der Waals surface area contributed by atoms with Gasteiger partial charge in [0.25, 0.3) is 6.43 Å². The molecule has 72 valence electrons. The lowest BCUT2D eigenvalue weighted by molar-refractivity contribution is 0.145. The number of hydrogen-bond donors (Lipinski definition) is 1. The molecule has 0 fully saturated rings. The molecule has 1 aromatic rings. The molecule has 0 radical (unpaired) electrons. The summed E-state index contributed by atoms with van der Waals surface area (Å²) in [5.41, 5.74) is 4.15. The van der Waals surface area contributed by atoms with Crippen molar-refractivity contribution in [1.29, 1.82) is 0 Å². The zero-order valence-electron chi connectivity index (χ0n) is 6.40. The molecule has 0 bridgehead atoms. The van der Waals surface area contributed by atoms with Crippen molar-refractivity contribution in [2.45, 2.75) is 13.0 Å². The number of aromatic nitrogens is 1. The van der Waals surface area contributed by atoms with Gasteiger partial charge in [-0.2, -0.15) is 0 Å². The average Bonchev–Trinajstić information content (AvgIpc) is 2.04. The highest BCUT2D eigenvalue weighted by atomic mass is 35.5. The summed E-state index contributed by atoms with van der Waals surface area (Å²) in [6.07, 6.45) is -1.93. The molecule has 1 heterocycles. The van der Waals surface area contributed by atoms with E-state index < -0.39 is 23.0 Å². The molecule has 1 aromatic heterocycles. The number of alkyl halides is 2. The van der Waals surface area contributed by atoms with Gasteiger partial charge in [0.15, 0.2) is 0 Å². The highest BCUT2D eigenvalue weighted by Gasteiger charge is 2.20. The molecule has 0 unspecified atom stereocenters. The molecule has 0 aliphatic heterocycles. The summed E-state index contributed by atoms with van der Waals surface area (Å²) in [5.74, 6) is -1.07. The second-order valence-corrected chi connectivity index (χ2v) is 2.66. The third-order valence-electron chi connectivity index (χ3n) is 1.51. The van der Waals surface area contributed by atoms with Gasteiger partial charge in [0.05, 0.1) is 5.56 Å². The van der Waals surface area contributed by atoms with Gasteiger partial charge >= 0.3 is 0 Å². The SMILES string of the molecule is NCc1cnc(Cl)c(C(F)F)c1F. The van der Waals surface area contributed by atoms with E-state index in [9.17, 15) is 13.2 Å². The van der Waals surface area contributed by atoms with Crippen molar-refractivity contribution in [3.63, 3.8) is 0 Å². The van der Waals surface area contributed by atoms with Gasteiger partial charge in [-0.3, -0.25) is 0 Å². The van der Waals surface area contributed by atoms with Crippen LogP contribution in [0.4, 0.5) is 13.2 Å². The van der Waals surface area contributed by atoms with Crippen molar-refractivity contribution in [3.8, 4) is 0 Å². The van der Waals surface area contributed by atoms with Crippen LogP contribution in [0.15, 0.2) is 6.20 Å². The predicted octanol–water partition coefficient (Wildman–Crippen LogP) is 2.27. The first-order valence-corrected chi connectivity index (χ1v) is 3.76. The zero-order valence-corrected chi connectivity index (χ0v) is 7.15. The van der Waals surface area contributed by atoms with Crippen molar-refractivity contribution in [2.75, 3.05) is 0 Å². The van der Waals surface area contributed by atoms with Crippen LogP contribution in [0.25, 0.3) is 0 Å². The minimum Gasteiger partial charge on any atom is -0.326 e. The van der Waals surface area contributed by atoms with Crippen LogP contribution in [0.1, 0.15) is 17.6 Å². The molecular weight excluding hydrogens is 205 g/mol. The molecule has 2 nitrogen and oxygen atoms in total. The lowest BCUT2D eigenvalue weighted by Gasteiger charge is -2.06. The summed E-state index contributed by atoms with van der Waals surface area (Å²) < 4.78 is 37.5. The van der Waals surface area contributed by atoms with Crippen LogP contribution in [0.2, 0.25) is 5.15 Å². The van der Waals surface area contributed by atoms with Crippen LogP contribution >= 0.6 is 11.6 Å². The largest absolute Gasteiger partial charge is 0.326 e. The monoisotopic (exact) mass is 210 g/mol. The molecule has 1 rings (SSSR count). The highest BCUT2D eigenvalue weighted by Crippen LogP contribution is 2.29. The molecule has 13 heavy (non-hydrogen) atoms. The Labute approximate surface area is 77.5 Å². The maximum atomic E-state index is 13.1. The van der Waals surface area contributed by atoms with E-state index in [4.69, 9.17) is 17.3 Å². The van der Waals surface area contributed by atoms with Crippen LogP contribution in [-0.4, -0.2) is 4.98 Å². The summed E-state index contributed by atoms with van der Waals surface area (Å²) in [5, 5.41) is -0.523. The Morgan fingerprint density at radius 1 is 1.54 bits per heavy atom. The van der Waals surface area contributed by atoms with E-state index in [2.05, 4.69) is 4.98 Å². The second kappa shape index (κ2) is 3.93. The van der Waals surface area contributed by atoms with Crippen LogP contribution in [-0.2, 0) is 6.54 Å². The number of pyridine rings is 1. The Bertz CT molecular complexity index is 317.